The number of allylic oxidation sites excluding steroid dienone is 6. The van der Waals surface area contributed by atoms with Gasteiger partial charge in [0, 0.05) is 0 Å². The summed E-state index contributed by atoms with van der Waals surface area (Å²) in [5, 5.41) is 7.52. The Morgan fingerprint density at radius 1 is 1.36 bits per heavy atom. The lowest BCUT2D eigenvalue weighted by Gasteiger charge is -2.02. The van der Waals surface area contributed by atoms with Crippen molar-refractivity contribution in [1.82, 2.24) is 0 Å². The quantitative estimate of drug-likeness (QED) is 0.621. The van der Waals surface area contributed by atoms with Crippen LogP contribution in [-0.4, -0.2) is 5.71 Å². The largest absolute Gasteiger partial charge is 0.300 e. The van der Waals surface area contributed by atoms with E-state index in [1.807, 2.05) is 24.3 Å². The molecule has 1 nitrogen and oxygen atoms in total. The highest BCUT2D eigenvalue weighted by atomic mass is 14.4. The summed E-state index contributed by atoms with van der Waals surface area (Å²) in [6.07, 6.45) is 12.0. The van der Waals surface area contributed by atoms with Crippen LogP contribution in [0.1, 0.15) is 19.8 Å². The van der Waals surface area contributed by atoms with E-state index in [4.69, 9.17) is 5.41 Å². The highest BCUT2D eigenvalue weighted by Crippen LogP contribution is 2.08. The van der Waals surface area contributed by atoms with Gasteiger partial charge in [-0.15, -0.1) is 0 Å². The molecular weight excluding hydrogens is 134 g/mol. The Morgan fingerprint density at radius 2 is 2.09 bits per heavy atom. The molecule has 11 heavy (non-hydrogen) atoms. The van der Waals surface area contributed by atoms with Gasteiger partial charge < -0.3 is 5.41 Å². The van der Waals surface area contributed by atoms with Gasteiger partial charge in [0.15, 0.2) is 0 Å². The van der Waals surface area contributed by atoms with Crippen molar-refractivity contribution in [2.75, 3.05) is 0 Å². The van der Waals surface area contributed by atoms with Gasteiger partial charge in [-0.2, -0.15) is 0 Å². The van der Waals surface area contributed by atoms with Gasteiger partial charge in [0.2, 0.25) is 0 Å². The molecule has 0 aromatic rings. The van der Waals surface area contributed by atoms with E-state index in [9.17, 15) is 0 Å². The minimum absolute atomic E-state index is 0.626. The summed E-state index contributed by atoms with van der Waals surface area (Å²) in [6.45, 7) is 2.14. The van der Waals surface area contributed by atoms with Gasteiger partial charge in [-0.1, -0.05) is 37.6 Å². The zero-order valence-corrected chi connectivity index (χ0v) is 6.80. The second-order valence-electron chi connectivity index (χ2n) is 2.58. The monoisotopic (exact) mass is 147 g/mol. The number of rotatable bonds is 2. The van der Waals surface area contributed by atoms with E-state index in [1.54, 1.807) is 0 Å². The molecule has 0 saturated carbocycles. The zero-order chi connectivity index (χ0) is 8.10. The van der Waals surface area contributed by atoms with Crippen LogP contribution in [0.25, 0.3) is 0 Å². The molecule has 0 bridgehead atoms. The second-order valence-corrected chi connectivity index (χ2v) is 2.58. The molecule has 58 valence electrons. The van der Waals surface area contributed by atoms with Crippen molar-refractivity contribution >= 4 is 5.71 Å². The summed E-state index contributed by atoms with van der Waals surface area (Å²) in [5.74, 6) is 0. The molecular formula is C10H13N. The van der Waals surface area contributed by atoms with Crippen LogP contribution in [0.15, 0.2) is 36.0 Å². The Hall–Kier alpha value is -1.11. The molecule has 0 radical (unpaired) electrons. The average molecular weight is 147 g/mol. The standard InChI is InChI=1S/C10H13N/c1-2-3-6-9-7-4-5-8-10(9)11/h4-8,11H,2-3H2,1H3/b9-6+,11-10?. The third-order valence-electron chi connectivity index (χ3n) is 1.61. The van der Waals surface area contributed by atoms with Crippen molar-refractivity contribution in [2.24, 2.45) is 0 Å². The Labute approximate surface area is 67.6 Å². The number of unbranched alkanes of at least 4 members (excludes halogenated alkanes) is 1. The van der Waals surface area contributed by atoms with Crippen molar-refractivity contribution < 1.29 is 0 Å². The van der Waals surface area contributed by atoms with Crippen molar-refractivity contribution in [2.45, 2.75) is 19.8 Å². The SMILES string of the molecule is CCC/C=C1\C=CC=CC1=N. The van der Waals surface area contributed by atoms with Crippen LogP contribution < -0.4 is 0 Å². The van der Waals surface area contributed by atoms with E-state index in [-0.39, 0.29) is 0 Å². The van der Waals surface area contributed by atoms with Crippen LogP contribution in [0.4, 0.5) is 0 Å². The second kappa shape index (κ2) is 3.91. The topological polar surface area (TPSA) is 23.9 Å². The first-order valence-electron chi connectivity index (χ1n) is 3.98. The Morgan fingerprint density at radius 3 is 2.73 bits per heavy atom. The summed E-state index contributed by atoms with van der Waals surface area (Å²) in [7, 11) is 0. The maximum absolute atomic E-state index is 7.52. The molecule has 1 rings (SSSR count). The van der Waals surface area contributed by atoms with Crippen LogP contribution >= 0.6 is 0 Å². The van der Waals surface area contributed by atoms with E-state index in [1.165, 1.54) is 0 Å². The molecule has 1 aliphatic carbocycles. The lowest BCUT2D eigenvalue weighted by Crippen LogP contribution is -1.96. The highest BCUT2D eigenvalue weighted by Gasteiger charge is 1.98. The molecule has 0 atom stereocenters. The molecule has 0 spiro atoms. The molecule has 0 saturated heterocycles. The lowest BCUT2D eigenvalue weighted by molar-refractivity contribution is 0.956. The smallest absolute Gasteiger partial charge is 0.0608 e. The van der Waals surface area contributed by atoms with Gasteiger partial charge in [0.05, 0.1) is 5.71 Å². The lowest BCUT2D eigenvalue weighted by atomic mass is 10.0. The van der Waals surface area contributed by atoms with E-state index in [2.05, 4.69) is 13.0 Å². The Bertz CT molecular complexity index is 231. The molecule has 0 fully saturated rings. The molecule has 0 amide bonds. The molecule has 0 aliphatic heterocycles. The van der Waals surface area contributed by atoms with Gasteiger partial charge in [-0.3, -0.25) is 0 Å². The molecule has 1 N–H and O–H groups in total. The Balaban J connectivity index is 2.65. The fourth-order valence-corrected chi connectivity index (χ4v) is 0.975. The van der Waals surface area contributed by atoms with Crippen molar-refractivity contribution in [1.29, 1.82) is 5.41 Å². The minimum atomic E-state index is 0.626. The third-order valence-corrected chi connectivity index (χ3v) is 1.61. The van der Waals surface area contributed by atoms with E-state index < -0.39 is 0 Å². The van der Waals surface area contributed by atoms with Crippen molar-refractivity contribution in [3.63, 3.8) is 0 Å². The van der Waals surface area contributed by atoms with Crippen LogP contribution in [0, 0.1) is 5.41 Å². The molecule has 1 aliphatic rings. The predicted molar refractivity (Wildman–Crippen MR) is 49.0 cm³/mol. The maximum atomic E-state index is 7.52. The van der Waals surface area contributed by atoms with Crippen molar-refractivity contribution in [3.05, 3.63) is 36.0 Å². The first-order chi connectivity index (χ1) is 5.34. The fourth-order valence-electron chi connectivity index (χ4n) is 0.975. The van der Waals surface area contributed by atoms with Crippen LogP contribution in [-0.2, 0) is 0 Å². The number of hydrogen-bond donors (Lipinski definition) is 1. The fraction of sp³-hybridized carbons (Fsp3) is 0.300. The van der Waals surface area contributed by atoms with Crippen LogP contribution in [0.3, 0.4) is 0 Å². The summed E-state index contributed by atoms with van der Waals surface area (Å²) < 4.78 is 0. The number of hydrogen-bond acceptors (Lipinski definition) is 1. The van der Waals surface area contributed by atoms with Gasteiger partial charge in [0.25, 0.3) is 0 Å². The normalized spacial score (nSPS) is 19.7. The van der Waals surface area contributed by atoms with Gasteiger partial charge in [0.1, 0.15) is 0 Å². The summed E-state index contributed by atoms with van der Waals surface area (Å²) >= 11 is 0. The zero-order valence-electron chi connectivity index (χ0n) is 6.80. The average Bonchev–Trinajstić information content (AvgIpc) is 2.03. The first-order valence-corrected chi connectivity index (χ1v) is 3.98. The van der Waals surface area contributed by atoms with Gasteiger partial charge in [-0.25, -0.2) is 0 Å². The molecule has 0 unspecified atom stereocenters. The first kappa shape index (κ1) is 7.99. The van der Waals surface area contributed by atoms with Crippen LogP contribution in [0.2, 0.25) is 0 Å². The van der Waals surface area contributed by atoms with Gasteiger partial charge >= 0.3 is 0 Å². The molecule has 0 aromatic carbocycles. The number of nitrogens with one attached hydrogen (secondary N) is 1. The predicted octanol–water partition coefficient (Wildman–Crippen LogP) is 2.86. The van der Waals surface area contributed by atoms with E-state index >= 15 is 0 Å². The highest BCUT2D eigenvalue weighted by molar-refractivity contribution is 6.09. The van der Waals surface area contributed by atoms with E-state index in [0.717, 1.165) is 18.4 Å². The maximum Gasteiger partial charge on any atom is 0.0608 e. The Kier molecular flexibility index (Phi) is 2.84. The third kappa shape index (κ3) is 2.19. The summed E-state index contributed by atoms with van der Waals surface area (Å²) in [5.41, 5.74) is 1.68. The van der Waals surface area contributed by atoms with E-state index in [0.29, 0.717) is 5.71 Å². The molecule has 0 heterocycles. The summed E-state index contributed by atoms with van der Waals surface area (Å²) in [6, 6.07) is 0. The molecule has 0 aromatic heterocycles. The van der Waals surface area contributed by atoms with Gasteiger partial charge in [-0.05, 0) is 18.1 Å². The minimum Gasteiger partial charge on any atom is -0.300 e. The molecule has 1 heteroatoms. The summed E-state index contributed by atoms with van der Waals surface area (Å²) in [4.78, 5) is 0. The van der Waals surface area contributed by atoms with Crippen LogP contribution in [0.5, 0.6) is 0 Å². The van der Waals surface area contributed by atoms with Crippen molar-refractivity contribution in [3.8, 4) is 0 Å².